The van der Waals surface area contributed by atoms with E-state index < -0.39 is 0 Å². The molecule has 0 aliphatic carbocycles. The fraction of sp³-hybridized carbons (Fsp3) is 0.375. The molecular weight excluding hydrogens is 554 g/mol. The third-order valence-electron chi connectivity index (χ3n) is 7.49. The Morgan fingerprint density at radius 1 is 0.857 bits per heavy atom. The maximum Gasteiger partial charge on any atom is 0.262 e. The molecule has 2 heterocycles. The summed E-state index contributed by atoms with van der Waals surface area (Å²) in [6.07, 6.45) is 0. The quantitative estimate of drug-likeness (QED) is 0.351. The number of amides is 2. The molecule has 222 valence electrons. The number of halogens is 1. The van der Waals surface area contributed by atoms with Gasteiger partial charge in [-0.3, -0.25) is 19.4 Å². The molecule has 2 aliphatic heterocycles. The largest absolute Gasteiger partial charge is 0.484 e. The van der Waals surface area contributed by atoms with Crippen LogP contribution in [-0.4, -0.2) is 93.8 Å². The van der Waals surface area contributed by atoms with Crippen molar-refractivity contribution in [1.29, 1.82) is 0 Å². The van der Waals surface area contributed by atoms with E-state index >= 15 is 0 Å². The molecule has 9 nitrogen and oxygen atoms in total. The van der Waals surface area contributed by atoms with Crippen molar-refractivity contribution in [3.63, 3.8) is 0 Å². The van der Waals surface area contributed by atoms with Crippen LogP contribution in [0.5, 0.6) is 5.75 Å². The number of ether oxygens (including phenoxy) is 2. The Morgan fingerprint density at radius 2 is 1.60 bits per heavy atom. The van der Waals surface area contributed by atoms with Crippen molar-refractivity contribution in [2.45, 2.75) is 6.54 Å². The van der Waals surface area contributed by atoms with Crippen molar-refractivity contribution in [2.24, 2.45) is 0 Å². The average molecular weight is 592 g/mol. The topological polar surface area (TPSA) is 86.4 Å². The number of nitrogens with one attached hydrogen (secondary N) is 2. The normalized spacial score (nSPS) is 16.2. The van der Waals surface area contributed by atoms with Crippen molar-refractivity contribution in [3.8, 4) is 5.75 Å². The zero-order valence-corrected chi connectivity index (χ0v) is 24.5. The molecule has 2 aliphatic rings. The van der Waals surface area contributed by atoms with E-state index in [4.69, 9.17) is 21.1 Å². The second kappa shape index (κ2) is 15.0. The van der Waals surface area contributed by atoms with Gasteiger partial charge < -0.3 is 25.0 Å². The van der Waals surface area contributed by atoms with E-state index in [1.807, 2.05) is 18.2 Å². The fourth-order valence-electron chi connectivity index (χ4n) is 5.18. The molecule has 10 heteroatoms. The van der Waals surface area contributed by atoms with E-state index in [9.17, 15) is 9.59 Å². The summed E-state index contributed by atoms with van der Waals surface area (Å²) in [4.78, 5) is 33.1. The summed E-state index contributed by atoms with van der Waals surface area (Å²) in [6.45, 7) is 8.64. The molecule has 2 N–H and O–H groups in total. The molecule has 2 saturated heterocycles. The average Bonchev–Trinajstić information content (AvgIpc) is 3.02. The lowest BCUT2D eigenvalue weighted by Crippen LogP contribution is -2.46. The van der Waals surface area contributed by atoms with Crippen LogP contribution in [0.2, 0.25) is 5.02 Å². The molecule has 0 spiro atoms. The zero-order chi connectivity index (χ0) is 29.1. The maximum atomic E-state index is 13.5. The first-order chi connectivity index (χ1) is 20.5. The number of hydrogen-bond donors (Lipinski definition) is 2. The van der Waals surface area contributed by atoms with E-state index in [0.717, 1.165) is 71.3 Å². The fourth-order valence-corrected chi connectivity index (χ4v) is 5.31. The molecule has 0 radical (unpaired) electrons. The first kappa shape index (κ1) is 29.8. The minimum atomic E-state index is -0.314. The summed E-state index contributed by atoms with van der Waals surface area (Å²) in [5, 5.41) is 6.56. The van der Waals surface area contributed by atoms with Crippen LogP contribution in [0.4, 0.5) is 11.4 Å². The van der Waals surface area contributed by atoms with Gasteiger partial charge in [0.15, 0.2) is 6.61 Å². The monoisotopic (exact) mass is 591 g/mol. The van der Waals surface area contributed by atoms with Crippen molar-refractivity contribution >= 4 is 34.8 Å². The van der Waals surface area contributed by atoms with Crippen LogP contribution >= 0.6 is 11.6 Å². The van der Waals surface area contributed by atoms with Gasteiger partial charge in [0.25, 0.3) is 11.8 Å². The molecule has 0 saturated carbocycles. The number of benzene rings is 3. The van der Waals surface area contributed by atoms with Crippen LogP contribution in [-0.2, 0) is 16.1 Å². The third kappa shape index (κ3) is 8.69. The van der Waals surface area contributed by atoms with Crippen LogP contribution in [0.1, 0.15) is 15.9 Å². The molecule has 0 aromatic heterocycles. The van der Waals surface area contributed by atoms with E-state index in [-0.39, 0.29) is 18.4 Å². The van der Waals surface area contributed by atoms with Crippen LogP contribution in [0.15, 0.2) is 72.8 Å². The van der Waals surface area contributed by atoms with Gasteiger partial charge in [0.05, 0.1) is 18.8 Å². The summed E-state index contributed by atoms with van der Waals surface area (Å²) in [7, 11) is 0. The molecular formula is C32H38ClN5O4. The number of morpholine rings is 1. The van der Waals surface area contributed by atoms with Gasteiger partial charge in [-0.15, -0.1) is 0 Å². The standard InChI is InChI=1S/C32H38ClN5O4/c33-26-6-9-28(10-7-26)42-24-31(39)35-27-8-11-30(29(22-27)32(40)34-12-13-36-18-20-41-21-19-36)38-16-14-37(15-17-38)23-25-4-2-1-3-5-25/h1-11,22H,12-21,23-24H2,(H,34,40)(H,35,39). The number of nitrogens with zero attached hydrogens (tertiary/aromatic N) is 3. The van der Waals surface area contributed by atoms with Gasteiger partial charge in [-0.1, -0.05) is 41.9 Å². The summed E-state index contributed by atoms with van der Waals surface area (Å²) < 4.78 is 11.0. The summed E-state index contributed by atoms with van der Waals surface area (Å²) in [5.41, 5.74) is 3.26. The Labute approximate surface area is 252 Å². The van der Waals surface area contributed by atoms with Gasteiger partial charge in [0.2, 0.25) is 0 Å². The van der Waals surface area contributed by atoms with Gasteiger partial charge in [-0.05, 0) is 48.0 Å². The van der Waals surface area contributed by atoms with E-state index in [1.54, 1.807) is 30.3 Å². The Balaban J connectivity index is 1.23. The predicted molar refractivity (Wildman–Crippen MR) is 166 cm³/mol. The van der Waals surface area contributed by atoms with Gasteiger partial charge in [-0.25, -0.2) is 0 Å². The molecule has 5 rings (SSSR count). The van der Waals surface area contributed by atoms with Crippen LogP contribution < -0.4 is 20.3 Å². The molecule has 0 unspecified atom stereocenters. The number of hydrogen-bond acceptors (Lipinski definition) is 7. The van der Waals surface area contributed by atoms with Gasteiger partial charge in [0.1, 0.15) is 5.75 Å². The second-order valence-corrected chi connectivity index (χ2v) is 10.9. The van der Waals surface area contributed by atoms with Crippen molar-refractivity contribution in [3.05, 3.63) is 88.9 Å². The number of carbonyl (C=O) groups is 2. The van der Waals surface area contributed by atoms with Crippen molar-refractivity contribution in [1.82, 2.24) is 15.1 Å². The zero-order valence-electron chi connectivity index (χ0n) is 23.8. The Bertz CT molecular complexity index is 1310. The highest BCUT2D eigenvalue weighted by Gasteiger charge is 2.23. The van der Waals surface area contributed by atoms with Crippen molar-refractivity contribution in [2.75, 3.05) is 82.4 Å². The Hall–Kier alpha value is -3.63. The highest BCUT2D eigenvalue weighted by atomic mass is 35.5. The third-order valence-corrected chi connectivity index (χ3v) is 7.74. The first-order valence-electron chi connectivity index (χ1n) is 14.5. The number of rotatable bonds is 11. The maximum absolute atomic E-state index is 13.5. The molecule has 3 aromatic rings. The number of anilines is 2. The SMILES string of the molecule is O=C(COc1ccc(Cl)cc1)Nc1ccc(N2CCN(Cc3ccccc3)CC2)c(C(=O)NCCN2CCOCC2)c1. The highest BCUT2D eigenvalue weighted by Crippen LogP contribution is 2.26. The van der Waals surface area contributed by atoms with Crippen LogP contribution in [0.3, 0.4) is 0 Å². The lowest BCUT2D eigenvalue weighted by Gasteiger charge is -2.37. The summed E-state index contributed by atoms with van der Waals surface area (Å²) in [6, 6.07) is 22.8. The van der Waals surface area contributed by atoms with E-state index in [1.165, 1.54) is 5.56 Å². The van der Waals surface area contributed by atoms with Gasteiger partial charge in [0, 0.05) is 75.3 Å². The summed E-state index contributed by atoms with van der Waals surface area (Å²) in [5.74, 6) is 0.0843. The Morgan fingerprint density at radius 3 is 2.33 bits per heavy atom. The first-order valence-corrected chi connectivity index (χ1v) is 14.8. The lowest BCUT2D eigenvalue weighted by molar-refractivity contribution is -0.118. The van der Waals surface area contributed by atoms with Crippen molar-refractivity contribution < 1.29 is 19.1 Å². The lowest BCUT2D eigenvalue weighted by atomic mass is 10.1. The second-order valence-electron chi connectivity index (χ2n) is 10.5. The molecule has 0 atom stereocenters. The van der Waals surface area contributed by atoms with Crippen LogP contribution in [0.25, 0.3) is 0 Å². The minimum Gasteiger partial charge on any atom is -0.484 e. The molecule has 3 aromatic carbocycles. The molecule has 42 heavy (non-hydrogen) atoms. The highest BCUT2D eigenvalue weighted by molar-refractivity contribution is 6.30. The number of carbonyl (C=O) groups excluding carboxylic acids is 2. The Kier molecular flexibility index (Phi) is 10.7. The van der Waals surface area contributed by atoms with E-state index in [2.05, 4.69) is 49.6 Å². The predicted octanol–water partition coefficient (Wildman–Crippen LogP) is 3.74. The number of piperazine rings is 1. The van der Waals surface area contributed by atoms with E-state index in [0.29, 0.717) is 28.6 Å². The molecule has 2 fully saturated rings. The smallest absolute Gasteiger partial charge is 0.262 e. The minimum absolute atomic E-state index is 0.154. The molecule has 2 amide bonds. The summed E-state index contributed by atoms with van der Waals surface area (Å²) >= 11 is 5.92. The van der Waals surface area contributed by atoms with Crippen LogP contribution in [0, 0.1) is 0 Å². The molecule has 0 bridgehead atoms. The van der Waals surface area contributed by atoms with Gasteiger partial charge in [-0.2, -0.15) is 0 Å². The van der Waals surface area contributed by atoms with Gasteiger partial charge >= 0.3 is 0 Å².